The standard InChI is InChI=1S/C33H31FNO.C14H16NSi.Ir/c1-20-15-22(16-21(2)32(20)34)27-17-23(18-30-31(27)26-11-7-8-12-29(26)36-30)28-19-25(13-14-35-28)33(3,4)24-9-5-6-10-24;1-16(2,3)13-9-10-14(15-11-13)12-7-5-4-6-8-12;/h7-8,11-17,19,24H,5-6,9-10H2,1-4H3;4-7,9-11H,1-3H3;/q2*-1;. The van der Waals surface area contributed by atoms with E-state index in [0.717, 1.165) is 50.0 Å². The van der Waals surface area contributed by atoms with E-state index in [9.17, 15) is 4.39 Å². The largest absolute Gasteiger partial charge is 0.477 e. The van der Waals surface area contributed by atoms with Gasteiger partial charge in [-0.15, -0.1) is 47.5 Å². The van der Waals surface area contributed by atoms with E-state index in [1.807, 2.05) is 80.8 Å². The molecule has 1 saturated carbocycles. The molecule has 1 aliphatic rings. The Hall–Kier alpha value is -4.22. The third-order valence-electron chi connectivity index (χ3n) is 10.9. The minimum atomic E-state index is -1.23. The Morgan fingerprint density at radius 3 is 2.19 bits per heavy atom. The molecule has 0 amide bonds. The van der Waals surface area contributed by atoms with E-state index < -0.39 is 8.07 Å². The van der Waals surface area contributed by atoms with Crippen molar-refractivity contribution in [3.05, 3.63) is 138 Å². The van der Waals surface area contributed by atoms with Gasteiger partial charge in [-0.1, -0.05) is 106 Å². The van der Waals surface area contributed by atoms with Crippen LogP contribution in [0.1, 0.15) is 56.2 Å². The molecule has 53 heavy (non-hydrogen) atoms. The maximum atomic E-state index is 14.5. The summed E-state index contributed by atoms with van der Waals surface area (Å²) in [6.07, 6.45) is 9.15. The molecule has 0 aliphatic heterocycles. The Kier molecular flexibility index (Phi) is 11.4. The quantitative estimate of drug-likeness (QED) is 0.123. The number of nitrogens with zero attached hydrogens (tertiary/aromatic N) is 2. The van der Waals surface area contributed by atoms with Crippen molar-refractivity contribution in [1.82, 2.24) is 9.97 Å². The van der Waals surface area contributed by atoms with Gasteiger partial charge in [-0.25, -0.2) is 4.39 Å². The van der Waals surface area contributed by atoms with Crippen LogP contribution in [0.4, 0.5) is 4.39 Å². The number of rotatable bonds is 6. The fourth-order valence-corrected chi connectivity index (χ4v) is 8.69. The Morgan fingerprint density at radius 1 is 0.811 bits per heavy atom. The summed E-state index contributed by atoms with van der Waals surface area (Å²) in [5.41, 5.74) is 10.0. The Morgan fingerprint density at radius 2 is 1.53 bits per heavy atom. The fraction of sp³-hybridized carbons (Fsp3) is 0.277. The first-order valence-corrected chi connectivity index (χ1v) is 22.0. The molecule has 7 aromatic rings. The van der Waals surface area contributed by atoms with Crippen LogP contribution in [0.5, 0.6) is 0 Å². The number of aromatic nitrogens is 2. The number of aryl methyl sites for hydroxylation is 2. The SMILES string of the molecule is C[Si](C)(C)c1ccc(-c2[c-]cccc2)nc1.Cc1cc(-c2cc(-c3cc(C(C)(C)C4CCCC4)ccn3)[c-]c3oc4ccccc4c23)cc(C)c1F.[Ir]. The fourth-order valence-electron chi connectivity index (χ4n) is 7.65. The Labute approximate surface area is 328 Å². The molecule has 0 saturated heterocycles. The summed E-state index contributed by atoms with van der Waals surface area (Å²) < 4.78 is 20.8. The summed E-state index contributed by atoms with van der Waals surface area (Å²) in [6.45, 7) is 15.4. The molecular formula is C47H47FIrN2OSi-2. The number of pyridine rings is 2. The summed E-state index contributed by atoms with van der Waals surface area (Å²) in [7, 11) is -1.23. The zero-order valence-corrected chi connectivity index (χ0v) is 35.1. The van der Waals surface area contributed by atoms with Gasteiger partial charge in [-0.05, 0) is 99.8 Å². The predicted octanol–water partition coefficient (Wildman–Crippen LogP) is 12.4. The molecule has 8 rings (SSSR count). The van der Waals surface area contributed by atoms with Crippen LogP contribution in [0.25, 0.3) is 55.6 Å². The second kappa shape index (κ2) is 15.6. The van der Waals surface area contributed by atoms with E-state index in [2.05, 4.69) is 87.0 Å². The zero-order valence-electron chi connectivity index (χ0n) is 31.7. The number of hydrogen-bond donors (Lipinski definition) is 0. The smallest absolute Gasteiger partial charge is 0.129 e. The Bertz CT molecular complexity index is 2330. The number of para-hydroxylation sites is 1. The van der Waals surface area contributed by atoms with Crippen LogP contribution in [0.3, 0.4) is 0 Å². The maximum absolute atomic E-state index is 14.5. The average molecular weight is 895 g/mol. The molecule has 0 unspecified atom stereocenters. The minimum Gasteiger partial charge on any atom is -0.477 e. The van der Waals surface area contributed by atoms with E-state index in [1.165, 1.54) is 36.4 Å². The van der Waals surface area contributed by atoms with Crippen molar-refractivity contribution in [1.29, 1.82) is 0 Å². The van der Waals surface area contributed by atoms with Gasteiger partial charge in [-0.3, -0.25) is 0 Å². The first-order valence-electron chi connectivity index (χ1n) is 18.5. The van der Waals surface area contributed by atoms with Gasteiger partial charge >= 0.3 is 0 Å². The van der Waals surface area contributed by atoms with Gasteiger partial charge in [0, 0.05) is 32.5 Å². The van der Waals surface area contributed by atoms with Gasteiger partial charge < -0.3 is 14.4 Å². The van der Waals surface area contributed by atoms with Crippen molar-refractivity contribution in [2.45, 2.75) is 78.4 Å². The number of fused-ring (bicyclic) bond motifs is 3. The van der Waals surface area contributed by atoms with Crippen LogP contribution >= 0.6 is 0 Å². The number of furan rings is 1. The van der Waals surface area contributed by atoms with Crippen LogP contribution in [0.15, 0.2) is 108 Å². The van der Waals surface area contributed by atoms with Crippen LogP contribution in [-0.4, -0.2) is 18.0 Å². The first-order chi connectivity index (χ1) is 24.9. The van der Waals surface area contributed by atoms with Crippen LogP contribution in [0.2, 0.25) is 19.6 Å². The van der Waals surface area contributed by atoms with E-state index in [0.29, 0.717) is 22.6 Å². The Balaban J connectivity index is 0.000000238. The van der Waals surface area contributed by atoms with Crippen molar-refractivity contribution in [3.8, 4) is 33.6 Å². The van der Waals surface area contributed by atoms with Crippen molar-refractivity contribution < 1.29 is 28.9 Å². The van der Waals surface area contributed by atoms with E-state index >= 15 is 0 Å². The third kappa shape index (κ3) is 8.01. The third-order valence-corrected chi connectivity index (χ3v) is 12.9. The predicted molar refractivity (Wildman–Crippen MR) is 217 cm³/mol. The van der Waals surface area contributed by atoms with Crippen molar-refractivity contribution in [2.24, 2.45) is 5.92 Å². The number of benzene rings is 4. The number of hydrogen-bond acceptors (Lipinski definition) is 3. The van der Waals surface area contributed by atoms with Gasteiger partial charge in [0.1, 0.15) is 11.4 Å². The molecule has 0 atom stereocenters. The normalized spacial score (nSPS) is 13.5. The molecule has 0 N–H and O–H groups in total. The maximum Gasteiger partial charge on any atom is 0.129 e. The summed E-state index contributed by atoms with van der Waals surface area (Å²) in [5, 5.41) is 3.43. The first kappa shape index (κ1) is 38.5. The molecule has 1 radical (unpaired) electrons. The molecule has 273 valence electrons. The summed E-state index contributed by atoms with van der Waals surface area (Å²) in [4.78, 5) is 9.28. The summed E-state index contributed by atoms with van der Waals surface area (Å²) in [5.74, 6) is 0.536. The molecule has 3 aromatic heterocycles. The topological polar surface area (TPSA) is 38.9 Å². The minimum absolute atomic E-state index is 0. The molecule has 3 nitrogen and oxygen atoms in total. The van der Waals surface area contributed by atoms with Crippen molar-refractivity contribution >= 4 is 35.2 Å². The van der Waals surface area contributed by atoms with E-state index in [1.54, 1.807) is 0 Å². The van der Waals surface area contributed by atoms with Crippen LogP contribution < -0.4 is 5.19 Å². The second-order valence-corrected chi connectivity index (χ2v) is 21.0. The average Bonchev–Trinajstić information content (AvgIpc) is 3.83. The molecule has 4 aromatic carbocycles. The van der Waals surface area contributed by atoms with E-state index in [-0.39, 0.29) is 31.3 Å². The van der Waals surface area contributed by atoms with Crippen molar-refractivity contribution in [3.63, 3.8) is 0 Å². The zero-order chi connectivity index (χ0) is 36.6. The molecule has 0 bridgehead atoms. The molecule has 1 aliphatic carbocycles. The van der Waals surface area contributed by atoms with Gasteiger partial charge in [0.25, 0.3) is 0 Å². The molecule has 0 spiro atoms. The molecule has 3 heterocycles. The summed E-state index contributed by atoms with van der Waals surface area (Å²) in [6, 6.07) is 37.4. The molecular weight excluding hydrogens is 848 g/mol. The monoisotopic (exact) mass is 895 g/mol. The van der Waals surface area contributed by atoms with Gasteiger partial charge in [-0.2, -0.15) is 0 Å². The second-order valence-electron chi connectivity index (χ2n) is 15.9. The van der Waals surface area contributed by atoms with E-state index in [4.69, 9.17) is 9.40 Å². The van der Waals surface area contributed by atoms with Crippen molar-refractivity contribution in [2.75, 3.05) is 0 Å². The van der Waals surface area contributed by atoms with Gasteiger partial charge in [0.2, 0.25) is 0 Å². The van der Waals surface area contributed by atoms with Gasteiger partial charge in [0.05, 0.1) is 13.7 Å². The number of halogens is 1. The van der Waals surface area contributed by atoms with Gasteiger partial charge in [0.15, 0.2) is 0 Å². The molecule has 1 fully saturated rings. The van der Waals surface area contributed by atoms with Crippen LogP contribution in [0, 0.1) is 37.7 Å². The molecule has 6 heteroatoms. The van der Waals surface area contributed by atoms with Crippen LogP contribution in [-0.2, 0) is 25.5 Å². The summed E-state index contributed by atoms with van der Waals surface area (Å²) >= 11 is 0.